The van der Waals surface area contributed by atoms with E-state index in [1.54, 1.807) is 0 Å². The molecule has 4 aliphatic carbocycles. The lowest BCUT2D eigenvalue weighted by atomic mass is 9.45. The summed E-state index contributed by atoms with van der Waals surface area (Å²) in [6.07, 6.45) is 11.0. The van der Waals surface area contributed by atoms with Crippen LogP contribution in [0.4, 0.5) is 0 Å². The maximum atomic E-state index is 12.7. The number of fused-ring (bicyclic) bond motifs is 5. The van der Waals surface area contributed by atoms with Crippen molar-refractivity contribution in [1.29, 1.82) is 0 Å². The summed E-state index contributed by atoms with van der Waals surface area (Å²) in [5.41, 5.74) is 0.294. The summed E-state index contributed by atoms with van der Waals surface area (Å²) in [4.78, 5) is 12.7. The third-order valence-electron chi connectivity index (χ3n) is 10.7. The van der Waals surface area contributed by atoms with E-state index in [4.69, 9.17) is 9.16 Å². The molecule has 0 aromatic rings. The van der Waals surface area contributed by atoms with Crippen molar-refractivity contribution in [3.8, 4) is 0 Å². The van der Waals surface area contributed by atoms with Gasteiger partial charge in [0, 0.05) is 25.0 Å². The number of carbonyl (C=O) groups excluding carboxylic acids is 1. The first-order valence-electron chi connectivity index (χ1n) is 12.6. The summed E-state index contributed by atoms with van der Waals surface area (Å²) in [7, 11) is 0.172. The Morgan fingerprint density at radius 3 is 2.43 bits per heavy atom. The van der Waals surface area contributed by atoms with E-state index >= 15 is 0 Å². The normalized spacial score (nSPS) is 44.4. The quantitative estimate of drug-likeness (QED) is 0.467. The van der Waals surface area contributed by atoms with Crippen LogP contribution in [0, 0.1) is 34.5 Å². The average molecular weight is 435 g/mol. The van der Waals surface area contributed by atoms with Crippen LogP contribution in [0.15, 0.2) is 0 Å². The largest absolute Gasteiger partial charge is 0.414 e. The Morgan fingerprint density at radius 2 is 1.77 bits per heavy atom. The van der Waals surface area contributed by atoms with Crippen LogP contribution in [0.25, 0.3) is 0 Å². The highest BCUT2D eigenvalue weighted by atomic mass is 28.4. The lowest BCUT2D eigenvalue weighted by Gasteiger charge is -2.61. The van der Waals surface area contributed by atoms with E-state index < -0.39 is 8.32 Å². The number of hydrogen-bond acceptors (Lipinski definition) is 3. The highest BCUT2D eigenvalue weighted by Gasteiger charge is 2.61. The summed E-state index contributed by atoms with van der Waals surface area (Å²) >= 11 is 0. The fourth-order valence-electron chi connectivity index (χ4n) is 8.03. The molecule has 0 spiro atoms. The maximum Gasteiger partial charge on any atom is 0.192 e. The van der Waals surface area contributed by atoms with Crippen LogP contribution in [0.3, 0.4) is 0 Å². The predicted molar refractivity (Wildman–Crippen MR) is 125 cm³/mol. The van der Waals surface area contributed by atoms with E-state index in [1.165, 1.54) is 38.5 Å². The van der Waals surface area contributed by atoms with Crippen LogP contribution < -0.4 is 0 Å². The number of hydrogen-bond donors (Lipinski definition) is 0. The Morgan fingerprint density at radius 1 is 1.03 bits per heavy atom. The second kappa shape index (κ2) is 7.69. The molecule has 0 heterocycles. The molecule has 0 saturated heterocycles. The van der Waals surface area contributed by atoms with Crippen molar-refractivity contribution >= 4 is 14.1 Å². The molecule has 0 amide bonds. The van der Waals surface area contributed by atoms with Gasteiger partial charge in [-0.15, -0.1) is 0 Å². The van der Waals surface area contributed by atoms with Gasteiger partial charge in [0.15, 0.2) is 8.32 Å². The van der Waals surface area contributed by atoms with E-state index in [9.17, 15) is 4.79 Å². The SMILES string of the molecule is COC[C@]12CCC(O[Si](C)(C)C(C)(C)C)CC1CC[C@@H]1[C@@H]2CC[C@]2(C)C(=O)CC[C@@H]12. The van der Waals surface area contributed by atoms with E-state index in [0.29, 0.717) is 23.2 Å². The zero-order valence-corrected chi connectivity index (χ0v) is 21.7. The minimum atomic E-state index is -1.73. The standard InChI is InChI=1S/C26H46O3Si/c1-24(2,3)30(6,7)29-19-12-15-26(17-28-5)18(16-19)8-9-20-21-10-11-23(27)25(21,4)14-13-22(20)26/h18-22H,8-17H2,1-7H3/t18?,19?,20-,21-,22-,25-,26+/m0/s1. The molecule has 2 unspecified atom stereocenters. The summed E-state index contributed by atoms with van der Waals surface area (Å²) in [6, 6.07) is 0. The summed E-state index contributed by atoms with van der Waals surface area (Å²) in [5.74, 6) is 3.39. The zero-order chi connectivity index (χ0) is 21.9. The van der Waals surface area contributed by atoms with Crippen molar-refractivity contribution in [1.82, 2.24) is 0 Å². The van der Waals surface area contributed by atoms with Gasteiger partial charge in [0.25, 0.3) is 0 Å². The number of Topliss-reactive ketones (excluding diaryl/α,β-unsaturated/α-hetero) is 1. The number of methoxy groups -OCH3 is 1. The fourth-order valence-corrected chi connectivity index (χ4v) is 9.43. The number of carbonyl (C=O) groups is 1. The molecule has 7 atom stereocenters. The molecule has 4 rings (SSSR count). The molecule has 0 aromatic heterocycles. The van der Waals surface area contributed by atoms with Gasteiger partial charge in [0.1, 0.15) is 5.78 Å². The first-order chi connectivity index (χ1) is 13.9. The minimum absolute atomic E-state index is 0.0229. The second-order valence-electron chi connectivity index (χ2n) is 13.0. The monoisotopic (exact) mass is 434 g/mol. The summed E-state index contributed by atoms with van der Waals surface area (Å²) < 4.78 is 12.8. The molecule has 0 aromatic carbocycles. The van der Waals surface area contributed by atoms with Gasteiger partial charge in [0.05, 0.1) is 6.61 Å². The van der Waals surface area contributed by atoms with Crippen LogP contribution in [-0.2, 0) is 14.0 Å². The van der Waals surface area contributed by atoms with E-state index in [2.05, 4.69) is 40.8 Å². The van der Waals surface area contributed by atoms with Crippen LogP contribution in [-0.4, -0.2) is 33.9 Å². The smallest absolute Gasteiger partial charge is 0.192 e. The van der Waals surface area contributed by atoms with Crippen molar-refractivity contribution < 1.29 is 14.0 Å². The summed E-state index contributed by atoms with van der Waals surface area (Å²) in [6.45, 7) is 15.1. The number of ether oxygens (including phenoxy) is 1. The van der Waals surface area contributed by atoms with Gasteiger partial charge in [0.2, 0.25) is 0 Å². The molecule has 4 heteroatoms. The predicted octanol–water partition coefficient (Wildman–Crippen LogP) is 6.62. The molecule has 30 heavy (non-hydrogen) atoms. The summed E-state index contributed by atoms with van der Waals surface area (Å²) in [5, 5.41) is 0.272. The highest BCUT2D eigenvalue weighted by Crippen LogP contribution is 2.66. The molecule has 0 bridgehead atoms. The fraction of sp³-hybridized carbons (Fsp3) is 0.962. The van der Waals surface area contributed by atoms with Crippen molar-refractivity contribution in [3.05, 3.63) is 0 Å². The minimum Gasteiger partial charge on any atom is -0.414 e. The average Bonchev–Trinajstić information content (AvgIpc) is 2.96. The van der Waals surface area contributed by atoms with Gasteiger partial charge in [-0.2, -0.15) is 0 Å². The Labute approximate surface area is 186 Å². The Balaban J connectivity index is 1.55. The number of ketones is 1. The molecule has 4 aliphatic rings. The molecule has 0 radical (unpaired) electrons. The van der Waals surface area contributed by atoms with Gasteiger partial charge >= 0.3 is 0 Å². The van der Waals surface area contributed by atoms with Crippen molar-refractivity contribution in [3.63, 3.8) is 0 Å². The van der Waals surface area contributed by atoms with E-state index in [-0.39, 0.29) is 10.5 Å². The van der Waals surface area contributed by atoms with Gasteiger partial charge in [-0.25, -0.2) is 0 Å². The Bertz CT molecular complexity index is 668. The van der Waals surface area contributed by atoms with Gasteiger partial charge < -0.3 is 9.16 Å². The molecule has 172 valence electrons. The maximum absolute atomic E-state index is 12.7. The van der Waals surface area contributed by atoms with Crippen molar-refractivity contribution in [2.45, 2.75) is 110 Å². The lowest BCUT2D eigenvalue weighted by Crippen LogP contribution is -2.57. The highest BCUT2D eigenvalue weighted by molar-refractivity contribution is 6.74. The number of rotatable bonds is 4. The second-order valence-corrected chi connectivity index (χ2v) is 17.8. The molecular formula is C26H46O3Si. The van der Waals surface area contributed by atoms with E-state index in [1.807, 2.05) is 7.11 Å². The molecule has 0 aliphatic heterocycles. The zero-order valence-electron chi connectivity index (χ0n) is 20.7. The van der Waals surface area contributed by atoms with Gasteiger partial charge in [-0.05, 0) is 98.6 Å². The topological polar surface area (TPSA) is 35.5 Å². The first-order valence-corrected chi connectivity index (χ1v) is 15.6. The van der Waals surface area contributed by atoms with Crippen molar-refractivity contribution in [2.75, 3.05) is 13.7 Å². The van der Waals surface area contributed by atoms with Crippen LogP contribution in [0.5, 0.6) is 0 Å². The lowest BCUT2D eigenvalue weighted by molar-refractivity contribution is -0.159. The van der Waals surface area contributed by atoms with E-state index in [0.717, 1.165) is 43.6 Å². The van der Waals surface area contributed by atoms with Crippen molar-refractivity contribution in [2.24, 2.45) is 34.5 Å². The van der Waals surface area contributed by atoms with Crippen LogP contribution in [0.1, 0.15) is 85.5 Å². The molecule has 4 fully saturated rings. The molecule has 0 N–H and O–H groups in total. The van der Waals surface area contributed by atoms with Gasteiger partial charge in [-0.3, -0.25) is 4.79 Å². The third kappa shape index (κ3) is 3.48. The third-order valence-corrected chi connectivity index (χ3v) is 15.2. The molecular weight excluding hydrogens is 388 g/mol. The van der Waals surface area contributed by atoms with Crippen LogP contribution >= 0.6 is 0 Å². The Hall–Kier alpha value is -0.193. The van der Waals surface area contributed by atoms with Crippen LogP contribution in [0.2, 0.25) is 18.1 Å². The molecule has 3 nitrogen and oxygen atoms in total. The van der Waals surface area contributed by atoms with Gasteiger partial charge in [-0.1, -0.05) is 27.7 Å². The molecule has 4 saturated carbocycles. The first kappa shape index (κ1) is 23.0. The Kier molecular flexibility index (Phi) is 5.89.